The van der Waals surface area contributed by atoms with Gasteiger partial charge >= 0.3 is 6.18 Å². The highest BCUT2D eigenvalue weighted by atomic mass is 19.4. The van der Waals surface area contributed by atoms with Crippen molar-refractivity contribution in [1.29, 1.82) is 0 Å². The summed E-state index contributed by atoms with van der Waals surface area (Å²) in [5.41, 5.74) is -3.24. The van der Waals surface area contributed by atoms with Gasteiger partial charge in [-0.25, -0.2) is 14.4 Å². The first kappa shape index (κ1) is 20.1. The molecular formula is C19H19F4N3O2. The quantitative estimate of drug-likeness (QED) is 0.569. The molecule has 3 rings (SSSR count). The van der Waals surface area contributed by atoms with Crippen molar-refractivity contribution in [3.05, 3.63) is 53.9 Å². The number of aromatic amines is 1. The zero-order valence-corrected chi connectivity index (χ0v) is 15.2. The molecule has 0 bridgehead atoms. The van der Waals surface area contributed by atoms with Crippen molar-refractivity contribution >= 4 is 11.0 Å². The Morgan fingerprint density at radius 3 is 2.46 bits per heavy atom. The number of hydrogen-bond donors (Lipinski definition) is 3. The number of alkyl halides is 3. The number of aromatic nitrogens is 3. The molecule has 0 aliphatic heterocycles. The molecule has 0 aliphatic rings. The first-order valence-electron chi connectivity index (χ1n) is 8.47. The third-order valence-corrected chi connectivity index (χ3v) is 4.78. The monoisotopic (exact) mass is 397 g/mol. The van der Waals surface area contributed by atoms with Gasteiger partial charge in [0.05, 0.1) is 17.2 Å². The molecule has 0 fully saturated rings. The fourth-order valence-corrected chi connectivity index (χ4v) is 3.50. The number of phenolic OH excluding ortho intramolecular Hbond substituents is 1. The van der Waals surface area contributed by atoms with E-state index in [1.165, 1.54) is 38.5 Å². The van der Waals surface area contributed by atoms with Crippen LogP contribution < -0.4 is 0 Å². The van der Waals surface area contributed by atoms with Crippen LogP contribution in [-0.4, -0.2) is 36.9 Å². The van der Waals surface area contributed by atoms with Gasteiger partial charge in [-0.3, -0.25) is 0 Å². The second-order valence-corrected chi connectivity index (χ2v) is 7.54. The van der Waals surface area contributed by atoms with Crippen molar-refractivity contribution in [3.63, 3.8) is 0 Å². The molecule has 0 saturated carbocycles. The van der Waals surface area contributed by atoms with E-state index in [9.17, 15) is 27.8 Å². The Morgan fingerprint density at radius 2 is 1.86 bits per heavy atom. The molecule has 2 aromatic heterocycles. The summed E-state index contributed by atoms with van der Waals surface area (Å²) in [6.07, 6.45) is -3.72. The minimum Gasteiger partial charge on any atom is -0.508 e. The Morgan fingerprint density at radius 1 is 1.14 bits per heavy atom. The Bertz CT molecular complexity index is 967. The molecule has 3 N–H and O–H groups in total. The van der Waals surface area contributed by atoms with Gasteiger partial charge in [-0.05, 0) is 29.5 Å². The van der Waals surface area contributed by atoms with E-state index in [1.807, 2.05) is 0 Å². The standard InChI is InChI=1S/C19H19F4N3O2/c1-17(2,13-4-3-11(20)5-16(13)27)9-18(28,19(21,22)23)7-12-6-14-15(26-12)8-24-10-25-14/h3-6,8,10,26-28H,7,9H2,1-2H3. The topological polar surface area (TPSA) is 82.0 Å². The lowest BCUT2D eigenvalue weighted by molar-refractivity contribution is -0.266. The van der Waals surface area contributed by atoms with Gasteiger partial charge in [-0.1, -0.05) is 19.9 Å². The maximum Gasteiger partial charge on any atom is 0.417 e. The predicted molar refractivity (Wildman–Crippen MR) is 94.3 cm³/mol. The van der Waals surface area contributed by atoms with Gasteiger partial charge in [-0.2, -0.15) is 13.2 Å². The molecule has 9 heteroatoms. The Balaban J connectivity index is 1.96. The van der Waals surface area contributed by atoms with E-state index in [-0.39, 0.29) is 11.3 Å². The highest BCUT2D eigenvalue weighted by Gasteiger charge is 2.56. The molecule has 1 aromatic carbocycles. The molecule has 0 radical (unpaired) electrons. The first-order chi connectivity index (χ1) is 12.9. The van der Waals surface area contributed by atoms with Crippen molar-refractivity contribution in [2.45, 2.75) is 43.9 Å². The third kappa shape index (κ3) is 3.80. The lowest BCUT2D eigenvalue weighted by Gasteiger charge is -2.38. The lowest BCUT2D eigenvalue weighted by Crippen LogP contribution is -2.50. The van der Waals surface area contributed by atoms with Gasteiger partial charge in [0.15, 0.2) is 5.60 Å². The molecular weight excluding hydrogens is 378 g/mol. The van der Waals surface area contributed by atoms with Crippen molar-refractivity contribution in [1.82, 2.24) is 15.0 Å². The van der Waals surface area contributed by atoms with E-state index in [0.717, 1.165) is 12.1 Å². The van der Waals surface area contributed by atoms with Gasteiger partial charge in [0.25, 0.3) is 0 Å². The Kier molecular flexibility index (Phi) is 4.82. The molecule has 3 aromatic rings. The van der Waals surface area contributed by atoms with Crippen LogP contribution in [0.5, 0.6) is 5.75 Å². The number of halogens is 4. The van der Waals surface area contributed by atoms with Crippen LogP contribution in [0.3, 0.4) is 0 Å². The highest BCUT2D eigenvalue weighted by molar-refractivity contribution is 5.74. The summed E-state index contributed by atoms with van der Waals surface area (Å²) in [5.74, 6) is -1.17. The van der Waals surface area contributed by atoms with Gasteiger partial charge in [0.1, 0.15) is 17.9 Å². The number of fused-ring (bicyclic) bond motifs is 1. The summed E-state index contributed by atoms with van der Waals surface area (Å²) < 4.78 is 54.8. The molecule has 1 unspecified atom stereocenters. The minimum absolute atomic E-state index is 0.110. The molecule has 0 saturated heterocycles. The van der Waals surface area contributed by atoms with Gasteiger partial charge < -0.3 is 15.2 Å². The number of rotatable bonds is 5. The Labute approximate surface area is 158 Å². The van der Waals surface area contributed by atoms with E-state index < -0.39 is 41.6 Å². The number of hydrogen-bond acceptors (Lipinski definition) is 4. The summed E-state index contributed by atoms with van der Waals surface area (Å²) in [5, 5.41) is 20.6. The number of aromatic hydroxyl groups is 1. The van der Waals surface area contributed by atoms with Crippen LogP contribution in [0.25, 0.3) is 11.0 Å². The van der Waals surface area contributed by atoms with Crippen LogP contribution in [0.15, 0.2) is 36.8 Å². The SMILES string of the molecule is CC(C)(CC(O)(Cc1cc2ncncc2[nH]1)C(F)(F)F)c1ccc(F)cc1O. The van der Waals surface area contributed by atoms with Gasteiger partial charge in [0.2, 0.25) is 0 Å². The van der Waals surface area contributed by atoms with E-state index >= 15 is 0 Å². The second-order valence-electron chi connectivity index (χ2n) is 7.54. The van der Waals surface area contributed by atoms with Crippen LogP contribution in [-0.2, 0) is 11.8 Å². The van der Waals surface area contributed by atoms with Gasteiger partial charge in [0, 0.05) is 18.2 Å². The summed E-state index contributed by atoms with van der Waals surface area (Å²) >= 11 is 0. The van der Waals surface area contributed by atoms with E-state index in [0.29, 0.717) is 11.0 Å². The lowest BCUT2D eigenvalue weighted by atomic mass is 9.73. The van der Waals surface area contributed by atoms with Crippen molar-refractivity contribution < 1.29 is 27.8 Å². The average Bonchev–Trinajstić information content (AvgIpc) is 2.94. The number of nitrogens with zero attached hydrogens (tertiary/aromatic N) is 2. The number of phenols is 1. The minimum atomic E-state index is -4.94. The molecule has 2 heterocycles. The number of benzene rings is 1. The number of H-pyrrole nitrogens is 1. The maximum absolute atomic E-state index is 13.8. The maximum atomic E-state index is 13.8. The smallest absolute Gasteiger partial charge is 0.417 e. The average molecular weight is 397 g/mol. The fourth-order valence-electron chi connectivity index (χ4n) is 3.50. The van der Waals surface area contributed by atoms with E-state index in [2.05, 4.69) is 15.0 Å². The van der Waals surface area contributed by atoms with Crippen molar-refractivity contribution in [2.75, 3.05) is 0 Å². The second kappa shape index (κ2) is 6.73. The third-order valence-electron chi connectivity index (χ3n) is 4.78. The summed E-state index contributed by atoms with van der Waals surface area (Å²) in [6.45, 7) is 2.90. The van der Waals surface area contributed by atoms with Crippen LogP contribution in [0.4, 0.5) is 17.6 Å². The first-order valence-corrected chi connectivity index (χ1v) is 8.47. The molecule has 5 nitrogen and oxygen atoms in total. The van der Waals surface area contributed by atoms with Crippen LogP contribution in [0, 0.1) is 5.82 Å². The largest absolute Gasteiger partial charge is 0.508 e. The molecule has 0 amide bonds. The number of nitrogens with one attached hydrogen (secondary N) is 1. The normalized spacial score (nSPS) is 15.0. The molecule has 1 atom stereocenters. The summed E-state index contributed by atoms with van der Waals surface area (Å²) in [6, 6.07) is 4.54. The van der Waals surface area contributed by atoms with Crippen molar-refractivity contribution in [3.8, 4) is 5.75 Å². The molecule has 28 heavy (non-hydrogen) atoms. The van der Waals surface area contributed by atoms with Gasteiger partial charge in [-0.15, -0.1) is 0 Å². The fraction of sp³-hybridized carbons (Fsp3) is 0.368. The zero-order chi connectivity index (χ0) is 20.7. The van der Waals surface area contributed by atoms with Crippen molar-refractivity contribution in [2.24, 2.45) is 0 Å². The highest BCUT2D eigenvalue weighted by Crippen LogP contribution is 2.44. The van der Waals surface area contributed by atoms with Crippen LogP contribution in [0.2, 0.25) is 0 Å². The summed E-state index contributed by atoms with van der Waals surface area (Å²) in [7, 11) is 0. The molecule has 150 valence electrons. The predicted octanol–water partition coefficient (Wildman–Crippen LogP) is 4.01. The van der Waals surface area contributed by atoms with E-state index in [1.54, 1.807) is 0 Å². The Hall–Kier alpha value is -2.68. The summed E-state index contributed by atoms with van der Waals surface area (Å²) in [4.78, 5) is 10.5. The zero-order valence-electron chi connectivity index (χ0n) is 15.2. The molecule has 0 spiro atoms. The van der Waals surface area contributed by atoms with E-state index in [4.69, 9.17) is 0 Å². The van der Waals surface area contributed by atoms with Crippen LogP contribution >= 0.6 is 0 Å². The van der Waals surface area contributed by atoms with Crippen LogP contribution in [0.1, 0.15) is 31.5 Å². The number of aliphatic hydroxyl groups is 1. The molecule has 0 aliphatic carbocycles.